The molecule has 1 aromatic carbocycles. The average Bonchev–Trinajstić information content (AvgIpc) is 2.30. The Balaban J connectivity index is 3.18. The second kappa shape index (κ2) is 6.31. The zero-order valence-electron chi connectivity index (χ0n) is 11.0. The van der Waals surface area contributed by atoms with Crippen LogP contribution in [0.4, 0.5) is 0 Å². The highest BCUT2D eigenvalue weighted by Gasteiger charge is 2.26. The molecular weight excluding hydrogens is 309 g/mol. The van der Waals surface area contributed by atoms with Crippen LogP contribution >= 0.6 is 23.2 Å². The predicted octanol–water partition coefficient (Wildman–Crippen LogP) is 2.83. The third-order valence-electron chi connectivity index (χ3n) is 2.89. The quantitative estimate of drug-likeness (QED) is 0.903. The van der Waals surface area contributed by atoms with Gasteiger partial charge in [0.2, 0.25) is 0 Å². The van der Waals surface area contributed by atoms with Crippen LogP contribution in [0.25, 0.3) is 0 Å². The number of nitrogens with two attached hydrogens (primary N) is 1. The van der Waals surface area contributed by atoms with Crippen LogP contribution in [0.15, 0.2) is 12.1 Å². The summed E-state index contributed by atoms with van der Waals surface area (Å²) in [6.45, 7) is 3.83. The van der Waals surface area contributed by atoms with Crippen LogP contribution < -0.4 is 10.5 Å². The first-order valence-corrected chi connectivity index (χ1v) is 8.45. The summed E-state index contributed by atoms with van der Waals surface area (Å²) in [5, 5.41) is -0.0488. The van der Waals surface area contributed by atoms with Crippen LogP contribution in [0.2, 0.25) is 10.0 Å². The Morgan fingerprint density at radius 3 is 2.37 bits per heavy atom. The Bertz CT molecular complexity index is 560. The number of benzene rings is 1. The third-order valence-corrected chi connectivity index (χ3v) is 5.16. The van der Waals surface area contributed by atoms with E-state index in [2.05, 4.69) is 0 Å². The Morgan fingerprint density at radius 1 is 1.32 bits per heavy atom. The zero-order valence-corrected chi connectivity index (χ0v) is 13.3. The number of sulfone groups is 1. The van der Waals surface area contributed by atoms with Gasteiger partial charge in [0.25, 0.3) is 0 Å². The molecule has 0 radical (unpaired) electrons. The number of halogens is 2. The highest BCUT2D eigenvalue weighted by molar-refractivity contribution is 7.91. The highest BCUT2D eigenvalue weighted by atomic mass is 35.5. The normalized spacial score (nSPS) is 15.1. The molecule has 2 N–H and O–H groups in total. The molecule has 108 valence electrons. The van der Waals surface area contributed by atoms with Crippen molar-refractivity contribution in [3.05, 3.63) is 27.7 Å². The monoisotopic (exact) mass is 325 g/mol. The molecule has 1 aromatic rings. The fraction of sp³-hybridized carbons (Fsp3) is 0.500. The molecule has 0 bridgehead atoms. The molecule has 19 heavy (non-hydrogen) atoms. The van der Waals surface area contributed by atoms with E-state index in [1.807, 2.05) is 6.92 Å². The Morgan fingerprint density at radius 2 is 1.89 bits per heavy atom. The fourth-order valence-electron chi connectivity index (χ4n) is 1.58. The Kier molecular flexibility index (Phi) is 5.50. The van der Waals surface area contributed by atoms with Crippen molar-refractivity contribution in [2.24, 2.45) is 5.73 Å². The molecule has 7 heteroatoms. The van der Waals surface area contributed by atoms with Gasteiger partial charge in [0.15, 0.2) is 9.84 Å². The van der Waals surface area contributed by atoms with Gasteiger partial charge in [-0.2, -0.15) is 0 Å². The largest absolute Gasteiger partial charge is 0.492 e. The van der Waals surface area contributed by atoms with E-state index in [9.17, 15) is 8.42 Å². The van der Waals surface area contributed by atoms with Gasteiger partial charge in [0, 0.05) is 23.4 Å². The van der Waals surface area contributed by atoms with Crippen LogP contribution in [-0.4, -0.2) is 26.5 Å². The summed E-state index contributed by atoms with van der Waals surface area (Å²) in [6, 6.07) is 2.37. The first-order valence-electron chi connectivity index (χ1n) is 5.74. The standard InChI is InChI=1S/C12H17Cl2NO3S/c1-4-18-11-6-9(13)8(5-10(11)14)12(15)7(2)19(3,16)17/h5-7,12H,4,15H2,1-3H3. The molecule has 0 aromatic heterocycles. The van der Waals surface area contributed by atoms with E-state index in [1.54, 1.807) is 19.1 Å². The lowest BCUT2D eigenvalue weighted by atomic mass is 10.0. The number of hydrogen-bond acceptors (Lipinski definition) is 4. The fourth-order valence-corrected chi connectivity index (χ4v) is 2.77. The van der Waals surface area contributed by atoms with E-state index < -0.39 is 21.1 Å². The SMILES string of the molecule is CCOc1cc(Cl)c(C(N)C(C)S(C)(=O)=O)cc1Cl. The van der Waals surface area contributed by atoms with E-state index >= 15 is 0 Å². The van der Waals surface area contributed by atoms with Crippen LogP contribution in [0.1, 0.15) is 25.5 Å². The van der Waals surface area contributed by atoms with Crippen LogP contribution in [0.5, 0.6) is 5.75 Å². The predicted molar refractivity (Wildman–Crippen MR) is 78.9 cm³/mol. The summed E-state index contributed by atoms with van der Waals surface area (Å²) in [6.07, 6.45) is 1.14. The smallest absolute Gasteiger partial charge is 0.151 e. The minimum Gasteiger partial charge on any atom is -0.492 e. The van der Waals surface area contributed by atoms with Gasteiger partial charge in [-0.15, -0.1) is 0 Å². The third kappa shape index (κ3) is 3.99. The maximum absolute atomic E-state index is 11.5. The average molecular weight is 326 g/mol. The van der Waals surface area contributed by atoms with Crippen molar-refractivity contribution in [2.45, 2.75) is 25.1 Å². The van der Waals surface area contributed by atoms with Gasteiger partial charge in [-0.25, -0.2) is 8.42 Å². The summed E-state index contributed by atoms with van der Waals surface area (Å²) in [7, 11) is -3.26. The number of rotatable bonds is 5. The van der Waals surface area contributed by atoms with Gasteiger partial charge in [-0.1, -0.05) is 23.2 Å². The first-order chi connectivity index (χ1) is 8.68. The molecular formula is C12H17Cl2NO3S. The van der Waals surface area contributed by atoms with Crippen molar-refractivity contribution < 1.29 is 13.2 Å². The zero-order chi connectivity index (χ0) is 14.8. The maximum atomic E-state index is 11.5. The maximum Gasteiger partial charge on any atom is 0.151 e. The summed E-state index contributed by atoms with van der Waals surface area (Å²) in [4.78, 5) is 0. The Labute approximate surface area is 123 Å². The summed E-state index contributed by atoms with van der Waals surface area (Å²) >= 11 is 12.2. The van der Waals surface area contributed by atoms with E-state index in [1.165, 1.54) is 0 Å². The minimum absolute atomic E-state index is 0.343. The van der Waals surface area contributed by atoms with Gasteiger partial charge >= 0.3 is 0 Å². The second-order valence-electron chi connectivity index (χ2n) is 4.30. The molecule has 2 atom stereocenters. The molecule has 0 saturated carbocycles. The molecule has 0 aliphatic carbocycles. The van der Waals surface area contributed by atoms with Gasteiger partial charge < -0.3 is 10.5 Å². The van der Waals surface area contributed by atoms with Crippen molar-refractivity contribution in [3.8, 4) is 5.75 Å². The van der Waals surface area contributed by atoms with Gasteiger partial charge in [-0.3, -0.25) is 0 Å². The second-order valence-corrected chi connectivity index (χ2v) is 7.51. The molecule has 0 aliphatic heterocycles. The van der Waals surface area contributed by atoms with Crippen molar-refractivity contribution in [1.82, 2.24) is 0 Å². The number of ether oxygens (including phenoxy) is 1. The van der Waals surface area contributed by atoms with Crippen LogP contribution in [-0.2, 0) is 9.84 Å². The van der Waals surface area contributed by atoms with Gasteiger partial charge in [-0.05, 0) is 25.5 Å². The van der Waals surface area contributed by atoms with Crippen LogP contribution in [0, 0.1) is 0 Å². The number of hydrogen-bond donors (Lipinski definition) is 1. The minimum atomic E-state index is -3.26. The Hall–Kier alpha value is -0.490. The molecule has 0 saturated heterocycles. The molecule has 0 amide bonds. The van der Waals surface area contributed by atoms with E-state index in [0.717, 1.165) is 6.26 Å². The van der Waals surface area contributed by atoms with E-state index in [-0.39, 0.29) is 0 Å². The highest BCUT2D eigenvalue weighted by Crippen LogP contribution is 2.35. The molecule has 1 rings (SSSR count). The first kappa shape index (κ1) is 16.6. The summed E-state index contributed by atoms with van der Waals surface area (Å²) in [5.41, 5.74) is 6.45. The lowest BCUT2D eigenvalue weighted by Crippen LogP contribution is -2.30. The topological polar surface area (TPSA) is 69.4 Å². The van der Waals surface area contributed by atoms with Crippen molar-refractivity contribution in [3.63, 3.8) is 0 Å². The van der Waals surface area contributed by atoms with E-state index in [4.69, 9.17) is 33.7 Å². The van der Waals surface area contributed by atoms with E-state index in [0.29, 0.717) is 28.0 Å². The van der Waals surface area contributed by atoms with Crippen molar-refractivity contribution in [2.75, 3.05) is 12.9 Å². The summed E-state index contributed by atoms with van der Waals surface area (Å²) < 4.78 is 28.4. The molecule has 0 spiro atoms. The van der Waals surface area contributed by atoms with Crippen molar-refractivity contribution >= 4 is 33.0 Å². The van der Waals surface area contributed by atoms with Gasteiger partial charge in [0.1, 0.15) is 5.75 Å². The molecule has 4 nitrogen and oxygen atoms in total. The van der Waals surface area contributed by atoms with Crippen LogP contribution in [0.3, 0.4) is 0 Å². The summed E-state index contributed by atoms with van der Waals surface area (Å²) in [5.74, 6) is 0.456. The van der Waals surface area contributed by atoms with Gasteiger partial charge in [0.05, 0.1) is 16.9 Å². The lowest BCUT2D eigenvalue weighted by Gasteiger charge is -2.20. The molecule has 0 fully saturated rings. The lowest BCUT2D eigenvalue weighted by molar-refractivity contribution is 0.340. The molecule has 0 aliphatic rings. The molecule has 2 unspecified atom stereocenters. The molecule has 0 heterocycles. The van der Waals surface area contributed by atoms with Crippen molar-refractivity contribution in [1.29, 1.82) is 0 Å².